The number of benzene rings is 1. The number of sulfonamides is 1. The average molecular weight is 536 g/mol. The Morgan fingerprint density at radius 1 is 1.11 bits per heavy atom. The summed E-state index contributed by atoms with van der Waals surface area (Å²) >= 11 is 0. The van der Waals surface area contributed by atoms with Gasteiger partial charge in [-0.15, -0.1) is 0 Å². The first-order valence-corrected chi connectivity index (χ1v) is 14.1. The number of hydrogen-bond donors (Lipinski definition) is 2. The molecule has 10 heteroatoms. The first-order chi connectivity index (χ1) is 18.2. The lowest BCUT2D eigenvalue weighted by atomic mass is 9.90. The number of nitrogens with zero attached hydrogens (tertiary/aromatic N) is 3. The van der Waals surface area contributed by atoms with E-state index in [1.807, 2.05) is 50.4 Å². The van der Waals surface area contributed by atoms with E-state index in [9.17, 15) is 18.0 Å². The normalized spacial score (nSPS) is 15.7. The summed E-state index contributed by atoms with van der Waals surface area (Å²) in [6.07, 6.45) is 10.6. The van der Waals surface area contributed by atoms with Crippen molar-refractivity contribution in [3.05, 3.63) is 83.7 Å². The van der Waals surface area contributed by atoms with Gasteiger partial charge in [-0.2, -0.15) is 9.40 Å². The molecule has 1 fully saturated rings. The van der Waals surface area contributed by atoms with Gasteiger partial charge in [0.15, 0.2) is 0 Å². The third-order valence-corrected chi connectivity index (χ3v) is 8.65. The SMILES string of the molecule is C/C=C\C(=C/C)CNC(=O)c1cnn2ccc(C3CCN(S(=O)(=O)c4ccc(NC(C)=O)cc4)CC3)cc12. The molecule has 2 N–H and O–H groups in total. The fourth-order valence-electron chi connectivity index (χ4n) is 4.67. The Balaban J connectivity index is 1.44. The number of amides is 2. The van der Waals surface area contributed by atoms with Crippen molar-refractivity contribution in [1.82, 2.24) is 19.2 Å². The molecule has 2 aromatic heterocycles. The van der Waals surface area contributed by atoms with Gasteiger partial charge in [0.25, 0.3) is 5.91 Å². The molecule has 0 saturated carbocycles. The third-order valence-electron chi connectivity index (χ3n) is 6.73. The number of nitrogens with one attached hydrogen (secondary N) is 2. The molecule has 1 aliphatic heterocycles. The smallest absolute Gasteiger partial charge is 0.255 e. The van der Waals surface area contributed by atoms with Crippen LogP contribution in [-0.2, 0) is 14.8 Å². The van der Waals surface area contributed by atoms with Crippen molar-refractivity contribution < 1.29 is 18.0 Å². The number of aromatic nitrogens is 2. The molecule has 2 amide bonds. The van der Waals surface area contributed by atoms with E-state index in [1.54, 1.807) is 22.8 Å². The van der Waals surface area contributed by atoms with E-state index < -0.39 is 10.0 Å². The van der Waals surface area contributed by atoms with Gasteiger partial charge in [-0.3, -0.25) is 9.59 Å². The van der Waals surface area contributed by atoms with E-state index in [2.05, 4.69) is 15.7 Å². The number of rotatable bonds is 8. The minimum Gasteiger partial charge on any atom is -0.348 e. The maximum Gasteiger partial charge on any atom is 0.255 e. The van der Waals surface area contributed by atoms with Crippen LogP contribution in [0.3, 0.4) is 0 Å². The largest absolute Gasteiger partial charge is 0.348 e. The van der Waals surface area contributed by atoms with E-state index in [0.29, 0.717) is 43.7 Å². The first-order valence-electron chi connectivity index (χ1n) is 12.6. The van der Waals surface area contributed by atoms with Crippen LogP contribution in [0.25, 0.3) is 5.52 Å². The molecule has 9 nitrogen and oxygen atoms in total. The van der Waals surface area contributed by atoms with Gasteiger partial charge in [-0.25, -0.2) is 12.9 Å². The standard InChI is InChI=1S/C28H33N5O4S/c1-4-6-21(5-2)18-29-28(35)26-19-30-33-16-13-23(17-27(26)33)22-11-14-32(15-12-22)38(36,37)25-9-7-24(8-10-25)31-20(3)34/h4-10,13,16-17,19,22H,11-12,14-15,18H2,1-3H3,(H,29,35)(H,31,34)/b6-4-,21-5+. The number of hydrogen-bond acceptors (Lipinski definition) is 5. The summed E-state index contributed by atoms with van der Waals surface area (Å²) in [5.41, 5.74) is 3.86. The van der Waals surface area contributed by atoms with Gasteiger partial charge in [-0.1, -0.05) is 18.2 Å². The van der Waals surface area contributed by atoms with Crippen LogP contribution >= 0.6 is 0 Å². The molecule has 3 aromatic rings. The summed E-state index contributed by atoms with van der Waals surface area (Å²) in [5, 5.41) is 9.93. The van der Waals surface area contributed by atoms with Gasteiger partial charge < -0.3 is 10.6 Å². The summed E-state index contributed by atoms with van der Waals surface area (Å²) in [6, 6.07) is 10.2. The third kappa shape index (κ3) is 6.03. The number of pyridine rings is 1. The summed E-state index contributed by atoms with van der Waals surface area (Å²) in [5.74, 6) is -0.230. The fourth-order valence-corrected chi connectivity index (χ4v) is 6.14. The summed E-state index contributed by atoms with van der Waals surface area (Å²) < 4.78 is 29.5. The molecule has 38 heavy (non-hydrogen) atoms. The Labute approximate surface area is 223 Å². The van der Waals surface area contributed by atoms with E-state index >= 15 is 0 Å². The highest BCUT2D eigenvalue weighted by atomic mass is 32.2. The maximum absolute atomic E-state index is 13.2. The molecule has 0 atom stereocenters. The lowest BCUT2D eigenvalue weighted by Crippen LogP contribution is -2.37. The van der Waals surface area contributed by atoms with Crippen LogP contribution in [0.4, 0.5) is 5.69 Å². The van der Waals surface area contributed by atoms with E-state index in [1.165, 1.54) is 23.4 Å². The van der Waals surface area contributed by atoms with Crippen LogP contribution in [0.1, 0.15) is 55.5 Å². The van der Waals surface area contributed by atoms with Gasteiger partial charge >= 0.3 is 0 Å². The molecule has 0 aliphatic carbocycles. The fraction of sp³-hybridized carbons (Fsp3) is 0.321. The Hall–Kier alpha value is -3.76. The molecule has 1 aromatic carbocycles. The molecule has 4 rings (SSSR count). The molecule has 200 valence electrons. The zero-order chi connectivity index (χ0) is 27.3. The molecule has 0 bridgehead atoms. The minimum atomic E-state index is -3.63. The summed E-state index contributed by atoms with van der Waals surface area (Å²) in [6.45, 7) is 6.50. The number of piperidine rings is 1. The summed E-state index contributed by atoms with van der Waals surface area (Å²) in [4.78, 5) is 24.3. The predicted molar refractivity (Wildman–Crippen MR) is 148 cm³/mol. The lowest BCUT2D eigenvalue weighted by Gasteiger charge is -2.31. The number of anilines is 1. The van der Waals surface area contributed by atoms with Gasteiger partial charge in [-0.05, 0) is 80.1 Å². The number of allylic oxidation sites excluding steroid dienone is 2. The van der Waals surface area contributed by atoms with Gasteiger partial charge in [0.05, 0.1) is 22.2 Å². The highest BCUT2D eigenvalue weighted by molar-refractivity contribution is 7.89. The topological polar surface area (TPSA) is 113 Å². The molecule has 3 heterocycles. The molecule has 1 aliphatic rings. The maximum atomic E-state index is 13.2. The van der Waals surface area contributed by atoms with Crippen LogP contribution in [0.2, 0.25) is 0 Å². The number of carbonyl (C=O) groups excluding carboxylic acids is 2. The van der Waals surface area contributed by atoms with Crippen molar-refractivity contribution >= 4 is 33.0 Å². The number of carbonyl (C=O) groups is 2. The molecule has 0 spiro atoms. The van der Waals surface area contributed by atoms with Crippen molar-refractivity contribution in [2.24, 2.45) is 0 Å². The molecule has 0 radical (unpaired) electrons. The van der Waals surface area contributed by atoms with Crippen molar-refractivity contribution in [3.8, 4) is 0 Å². The summed E-state index contributed by atoms with van der Waals surface area (Å²) in [7, 11) is -3.63. The molecule has 0 unspecified atom stereocenters. The Morgan fingerprint density at radius 3 is 2.45 bits per heavy atom. The van der Waals surface area contributed by atoms with E-state index in [-0.39, 0.29) is 22.6 Å². The van der Waals surface area contributed by atoms with Crippen molar-refractivity contribution in [2.75, 3.05) is 25.0 Å². The second-order valence-corrected chi connectivity index (χ2v) is 11.2. The lowest BCUT2D eigenvalue weighted by molar-refractivity contribution is -0.114. The van der Waals surface area contributed by atoms with Gasteiger partial charge in [0.1, 0.15) is 0 Å². The van der Waals surface area contributed by atoms with Crippen LogP contribution < -0.4 is 10.6 Å². The zero-order valence-corrected chi connectivity index (χ0v) is 22.7. The van der Waals surface area contributed by atoms with Crippen LogP contribution in [-0.4, -0.2) is 53.8 Å². The Morgan fingerprint density at radius 2 is 1.82 bits per heavy atom. The highest BCUT2D eigenvalue weighted by Crippen LogP contribution is 2.32. The predicted octanol–water partition coefficient (Wildman–Crippen LogP) is 4.11. The quantitative estimate of drug-likeness (QED) is 0.422. The Kier molecular flexibility index (Phi) is 8.43. The van der Waals surface area contributed by atoms with Crippen LogP contribution in [0, 0.1) is 0 Å². The van der Waals surface area contributed by atoms with Crippen molar-refractivity contribution in [2.45, 2.75) is 44.4 Å². The van der Waals surface area contributed by atoms with Crippen LogP contribution in [0.5, 0.6) is 0 Å². The average Bonchev–Trinajstić information content (AvgIpc) is 3.34. The zero-order valence-electron chi connectivity index (χ0n) is 21.8. The monoisotopic (exact) mass is 535 g/mol. The Bertz CT molecular complexity index is 1480. The van der Waals surface area contributed by atoms with E-state index in [4.69, 9.17) is 0 Å². The van der Waals surface area contributed by atoms with Crippen molar-refractivity contribution in [1.29, 1.82) is 0 Å². The molecular formula is C28H33N5O4S. The second-order valence-electron chi connectivity index (χ2n) is 9.28. The van der Waals surface area contributed by atoms with Crippen LogP contribution in [0.15, 0.2) is 77.5 Å². The molecule has 1 saturated heterocycles. The van der Waals surface area contributed by atoms with E-state index in [0.717, 1.165) is 16.7 Å². The highest BCUT2D eigenvalue weighted by Gasteiger charge is 2.30. The second kappa shape index (κ2) is 11.7. The number of fused-ring (bicyclic) bond motifs is 1. The molecular weight excluding hydrogens is 502 g/mol. The minimum absolute atomic E-state index is 0.170. The van der Waals surface area contributed by atoms with Gasteiger partial charge in [0.2, 0.25) is 15.9 Å². The van der Waals surface area contributed by atoms with Gasteiger partial charge in [0, 0.05) is 38.4 Å². The van der Waals surface area contributed by atoms with Crippen molar-refractivity contribution in [3.63, 3.8) is 0 Å². The first kappa shape index (κ1) is 27.3.